The van der Waals surface area contributed by atoms with E-state index in [1.807, 2.05) is 18.5 Å². The van der Waals surface area contributed by atoms with Gasteiger partial charge in [0.2, 0.25) is 0 Å². The molecule has 8 nitrogen and oxygen atoms in total. The maximum absolute atomic E-state index is 5.72. The van der Waals surface area contributed by atoms with Gasteiger partial charge in [0.25, 0.3) is 0 Å². The number of ether oxygens (including phenoxy) is 2. The van der Waals surface area contributed by atoms with Gasteiger partial charge in [0.1, 0.15) is 12.4 Å². The van der Waals surface area contributed by atoms with Crippen LogP contribution in [0.1, 0.15) is 30.9 Å². The Kier molecular flexibility index (Phi) is 8.55. The first-order valence-electron chi connectivity index (χ1n) is 9.17. The summed E-state index contributed by atoms with van der Waals surface area (Å²) in [6, 6.07) is 0. The van der Waals surface area contributed by atoms with Crippen molar-refractivity contribution in [3.8, 4) is 0 Å². The first-order chi connectivity index (χ1) is 12.1. The monoisotopic (exact) mass is 478 g/mol. The third-order valence-electron chi connectivity index (χ3n) is 4.98. The van der Waals surface area contributed by atoms with Crippen molar-refractivity contribution in [2.45, 2.75) is 38.8 Å². The number of aliphatic imine (C=N–C) groups is 1. The molecule has 0 radical (unpaired) electrons. The zero-order valence-corrected chi connectivity index (χ0v) is 18.3. The Balaban J connectivity index is 0.00000243. The lowest BCUT2D eigenvalue weighted by atomic mass is 10.1. The summed E-state index contributed by atoms with van der Waals surface area (Å²) in [4.78, 5) is 6.97. The van der Waals surface area contributed by atoms with Gasteiger partial charge in [0.05, 0.1) is 12.7 Å². The van der Waals surface area contributed by atoms with Gasteiger partial charge in [0.15, 0.2) is 11.8 Å². The number of aryl methyl sites for hydroxylation is 1. The molecule has 0 aromatic carbocycles. The lowest BCUT2D eigenvalue weighted by Crippen LogP contribution is -2.44. The summed E-state index contributed by atoms with van der Waals surface area (Å²) in [5, 5.41) is 11.8. The molecule has 2 fully saturated rings. The van der Waals surface area contributed by atoms with Crippen molar-refractivity contribution in [1.82, 2.24) is 25.0 Å². The van der Waals surface area contributed by atoms with Crippen LogP contribution in [0.2, 0.25) is 0 Å². The highest BCUT2D eigenvalue weighted by atomic mass is 127. The summed E-state index contributed by atoms with van der Waals surface area (Å²) in [7, 11) is 4.06. The molecule has 0 bridgehead atoms. The lowest BCUT2D eigenvalue weighted by molar-refractivity contribution is 0.113. The Morgan fingerprint density at radius 1 is 1.35 bits per heavy atom. The summed E-state index contributed by atoms with van der Waals surface area (Å²) in [5.41, 5.74) is 0. The Morgan fingerprint density at radius 3 is 2.81 bits per heavy atom. The third-order valence-corrected chi connectivity index (χ3v) is 4.98. The first-order valence-corrected chi connectivity index (χ1v) is 9.17. The van der Waals surface area contributed by atoms with E-state index in [-0.39, 0.29) is 30.1 Å². The molecule has 0 saturated carbocycles. The number of aromatic nitrogens is 3. The Morgan fingerprint density at radius 2 is 2.19 bits per heavy atom. The number of hydrogen-bond acceptors (Lipinski definition) is 5. The molecule has 1 aromatic heterocycles. The molecule has 2 atom stereocenters. The highest BCUT2D eigenvalue weighted by Gasteiger charge is 2.21. The standard InChI is InChI=1S/C17H30N6O2.HI/c1-13-20-21-16(23(13)3)10-19-17(18-9-15-5-4-7-25-15)22(2)11-14-6-8-24-12-14;/h14-15H,4-12H2,1-3H3,(H,18,19);1H. The topological polar surface area (TPSA) is 76.8 Å². The fourth-order valence-corrected chi connectivity index (χ4v) is 3.26. The van der Waals surface area contributed by atoms with E-state index in [0.717, 1.165) is 69.8 Å². The van der Waals surface area contributed by atoms with Crippen molar-refractivity contribution >= 4 is 29.9 Å². The Hall–Kier alpha value is -0.940. The molecule has 0 spiro atoms. The quantitative estimate of drug-likeness (QED) is 0.378. The van der Waals surface area contributed by atoms with E-state index < -0.39 is 0 Å². The van der Waals surface area contributed by atoms with Gasteiger partial charge in [-0.25, -0.2) is 4.99 Å². The second kappa shape index (κ2) is 10.4. The highest BCUT2D eigenvalue weighted by molar-refractivity contribution is 14.0. The van der Waals surface area contributed by atoms with Crippen LogP contribution in [0.3, 0.4) is 0 Å². The van der Waals surface area contributed by atoms with Gasteiger partial charge < -0.3 is 24.3 Å². The second-order valence-corrected chi connectivity index (χ2v) is 6.99. The van der Waals surface area contributed by atoms with Crippen molar-refractivity contribution in [2.75, 3.05) is 40.0 Å². The van der Waals surface area contributed by atoms with Crippen molar-refractivity contribution < 1.29 is 9.47 Å². The zero-order valence-electron chi connectivity index (χ0n) is 16.0. The largest absolute Gasteiger partial charge is 0.381 e. The van der Waals surface area contributed by atoms with Crippen molar-refractivity contribution in [1.29, 1.82) is 0 Å². The molecule has 2 unspecified atom stereocenters. The maximum atomic E-state index is 5.72. The van der Waals surface area contributed by atoms with Gasteiger partial charge >= 0.3 is 0 Å². The Labute approximate surface area is 172 Å². The van der Waals surface area contributed by atoms with Crippen LogP contribution in [0.5, 0.6) is 0 Å². The van der Waals surface area contributed by atoms with Gasteiger partial charge in [-0.3, -0.25) is 0 Å². The van der Waals surface area contributed by atoms with Gasteiger partial charge in [-0.05, 0) is 26.2 Å². The SMILES string of the molecule is Cc1nnc(CN=C(NCC2CCCO2)N(C)CC2CCOC2)n1C.I. The van der Waals surface area contributed by atoms with Crippen molar-refractivity contribution in [3.63, 3.8) is 0 Å². The zero-order chi connectivity index (χ0) is 17.6. The molecule has 2 aliphatic heterocycles. The van der Waals surface area contributed by atoms with Gasteiger partial charge in [-0.15, -0.1) is 34.2 Å². The molecule has 1 aromatic rings. The van der Waals surface area contributed by atoms with E-state index >= 15 is 0 Å². The molecule has 26 heavy (non-hydrogen) atoms. The number of rotatable bonds is 6. The van der Waals surface area contributed by atoms with E-state index in [1.54, 1.807) is 0 Å². The van der Waals surface area contributed by atoms with Crippen LogP contribution in [0.4, 0.5) is 0 Å². The van der Waals surface area contributed by atoms with E-state index in [0.29, 0.717) is 12.5 Å². The Bertz CT molecular complexity index is 582. The fourth-order valence-electron chi connectivity index (χ4n) is 3.26. The molecule has 2 saturated heterocycles. The molecule has 0 aliphatic carbocycles. The average Bonchev–Trinajstić information content (AvgIpc) is 3.34. The molecule has 3 heterocycles. The summed E-state index contributed by atoms with van der Waals surface area (Å²) < 4.78 is 13.2. The van der Waals surface area contributed by atoms with Crippen LogP contribution in [0.25, 0.3) is 0 Å². The molecule has 0 amide bonds. The summed E-state index contributed by atoms with van der Waals surface area (Å²) >= 11 is 0. The summed E-state index contributed by atoms with van der Waals surface area (Å²) in [6.07, 6.45) is 3.66. The predicted octanol–water partition coefficient (Wildman–Crippen LogP) is 1.33. The lowest BCUT2D eigenvalue weighted by Gasteiger charge is -2.25. The number of hydrogen-bond donors (Lipinski definition) is 1. The molecule has 2 aliphatic rings. The summed E-state index contributed by atoms with van der Waals surface area (Å²) in [6.45, 7) is 6.77. The number of nitrogens with zero attached hydrogens (tertiary/aromatic N) is 5. The van der Waals surface area contributed by atoms with Crippen molar-refractivity contribution in [2.24, 2.45) is 18.0 Å². The van der Waals surface area contributed by atoms with Crippen LogP contribution in [0.15, 0.2) is 4.99 Å². The van der Waals surface area contributed by atoms with Gasteiger partial charge in [0, 0.05) is 46.3 Å². The highest BCUT2D eigenvalue weighted by Crippen LogP contribution is 2.14. The van der Waals surface area contributed by atoms with Crippen LogP contribution in [-0.2, 0) is 23.1 Å². The number of halogens is 1. The molecule has 3 rings (SSSR count). The van der Waals surface area contributed by atoms with Gasteiger partial charge in [-0.1, -0.05) is 0 Å². The number of nitrogens with one attached hydrogen (secondary N) is 1. The minimum absolute atomic E-state index is 0. The van der Waals surface area contributed by atoms with Crippen molar-refractivity contribution in [3.05, 3.63) is 11.6 Å². The molecular formula is C17H31IN6O2. The minimum Gasteiger partial charge on any atom is -0.381 e. The second-order valence-electron chi connectivity index (χ2n) is 6.99. The van der Waals surface area contributed by atoms with Gasteiger partial charge in [-0.2, -0.15) is 0 Å². The van der Waals surface area contributed by atoms with E-state index in [9.17, 15) is 0 Å². The van der Waals surface area contributed by atoms with E-state index in [2.05, 4.69) is 27.5 Å². The third kappa shape index (κ3) is 5.78. The minimum atomic E-state index is 0. The normalized spacial score (nSPS) is 23.1. The molecule has 1 N–H and O–H groups in total. The molecular weight excluding hydrogens is 447 g/mol. The van der Waals surface area contributed by atoms with Crippen LogP contribution in [-0.4, -0.2) is 71.7 Å². The smallest absolute Gasteiger partial charge is 0.194 e. The maximum Gasteiger partial charge on any atom is 0.194 e. The molecule has 148 valence electrons. The van der Waals surface area contributed by atoms with Crippen LogP contribution < -0.4 is 5.32 Å². The van der Waals surface area contributed by atoms with E-state index in [1.165, 1.54) is 0 Å². The molecule has 9 heteroatoms. The average molecular weight is 478 g/mol. The summed E-state index contributed by atoms with van der Waals surface area (Å²) in [5.74, 6) is 3.22. The first kappa shape index (κ1) is 21.4. The fraction of sp³-hybridized carbons (Fsp3) is 0.824. The van der Waals surface area contributed by atoms with Crippen LogP contribution in [0, 0.1) is 12.8 Å². The van der Waals surface area contributed by atoms with Crippen LogP contribution >= 0.6 is 24.0 Å². The predicted molar refractivity (Wildman–Crippen MR) is 111 cm³/mol. The number of guanidine groups is 1. The van der Waals surface area contributed by atoms with E-state index in [4.69, 9.17) is 14.5 Å².